The minimum absolute atomic E-state index is 0.0868. The lowest BCUT2D eigenvalue weighted by atomic mass is 9.67. The predicted molar refractivity (Wildman–Crippen MR) is 163 cm³/mol. The summed E-state index contributed by atoms with van der Waals surface area (Å²) in [7, 11) is 0. The first-order valence-electron chi connectivity index (χ1n) is 15.7. The highest BCUT2D eigenvalue weighted by Gasteiger charge is 2.46. The first-order chi connectivity index (χ1) is 22.1. The predicted octanol–water partition coefficient (Wildman–Crippen LogP) is -1.33. The molecule has 2 aliphatic heterocycles. The van der Waals surface area contributed by atoms with Crippen LogP contribution in [0.3, 0.4) is 0 Å². The van der Waals surface area contributed by atoms with Gasteiger partial charge in [0.2, 0.25) is 0 Å². The molecule has 2 aromatic carbocycles. The van der Waals surface area contributed by atoms with Crippen molar-refractivity contribution in [3.63, 3.8) is 0 Å². The summed E-state index contributed by atoms with van der Waals surface area (Å²) in [6.07, 6.45) is -10.5. The van der Waals surface area contributed by atoms with Gasteiger partial charge in [-0.25, -0.2) is 0 Å². The van der Waals surface area contributed by atoms with Crippen LogP contribution in [0, 0.1) is 23.7 Å². The van der Waals surface area contributed by atoms with E-state index in [4.69, 9.17) is 9.47 Å². The molecule has 0 amide bonds. The van der Waals surface area contributed by atoms with Crippen LogP contribution in [-0.4, -0.2) is 126 Å². The van der Waals surface area contributed by atoms with E-state index in [1.165, 1.54) is 0 Å². The van der Waals surface area contributed by atoms with Gasteiger partial charge in [-0.15, -0.1) is 0 Å². The van der Waals surface area contributed by atoms with E-state index in [-0.39, 0.29) is 13.0 Å². The van der Waals surface area contributed by atoms with Crippen LogP contribution in [0.25, 0.3) is 11.1 Å². The summed E-state index contributed by atoms with van der Waals surface area (Å²) in [6, 6.07) is 11.7. The van der Waals surface area contributed by atoms with Crippen LogP contribution in [0.4, 0.5) is 0 Å². The molecular weight excluding hydrogens is 596 g/mol. The maximum atomic E-state index is 10.5. The first-order valence-corrected chi connectivity index (χ1v) is 15.7. The van der Waals surface area contributed by atoms with E-state index in [1.807, 2.05) is 36.4 Å². The number of aliphatic hydroxyl groups is 9. The summed E-state index contributed by atoms with van der Waals surface area (Å²) in [6.45, 7) is -0.793. The summed E-state index contributed by atoms with van der Waals surface area (Å²) in [5, 5.41) is 90.9. The molecule has 246 valence electrons. The Morgan fingerprint density at radius 2 is 1.11 bits per heavy atom. The van der Waals surface area contributed by atoms with E-state index >= 15 is 0 Å². The van der Waals surface area contributed by atoms with Crippen molar-refractivity contribution < 1.29 is 55.4 Å². The zero-order valence-corrected chi connectivity index (χ0v) is 25.1. The zero-order valence-electron chi connectivity index (χ0n) is 25.1. The van der Waals surface area contributed by atoms with Gasteiger partial charge in [-0.2, -0.15) is 0 Å². The molecule has 11 heteroatoms. The molecule has 1 saturated carbocycles. The minimum Gasteiger partial charge on any atom is -0.396 e. The molecule has 0 bridgehead atoms. The fourth-order valence-electron chi connectivity index (χ4n) is 7.25. The molecule has 11 nitrogen and oxygen atoms in total. The van der Waals surface area contributed by atoms with E-state index in [0.29, 0.717) is 36.8 Å². The van der Waals surface area contributed by atoms with Crippen LogP contribution in [0.15, 0.2) is 36.4 Å². The van der Waals surface area contributed by atoms with Crippen molar-refractivity contribution in [1.82, 2.24) is 0 Å². The van der Waals surface area contributed by atoms with Crippen molar-refractivity contribution in [2.24, 2.45) is 0 Å². The third-order valence-corrected chi connectivity index (χ3v) is 9.90. The molecular formula is C35H40O11. The molecule has 2 heterocycles. The number of hydrogen-bond acceptors (Lipinski definition) is 11. The summed E-state index contributed by atoms with van der Waals surface area (Å²) in [4.78, 5) is 0. The van der Waals surface area contributed by atoms with Crippen LogP contribution < -0.4 is 0 Å². The standard InChI is InChI=1S/C35H40O11/c36-14-11-27-31(41)33(43)29(39)25(45-27)7-3-18-1-5-21-22-6-2-19(4-8-26-30(40)34(44)32(42)28(17-37)46-26)16-24(22)35(23(21)15-18)12-9-20(38)10-13-35/h1-2,5-6,15-16,20,25-34,36-44H,9-14,17H2/t20?,25-,26-,27-,28-,29-,30-,31-,32-,33-,34-,35?/m1/s1. The van der Waals surface area contributed by atoms with Crippen molar-refractivity contribution >= 4 is 0 Å². The summed E-state index contributed by atoms with van der Waals surface area (Å²) < 4.78 is 11.3. The Hall–Kier alpha value is -2.88. The van der Waals surface area contributed by atoms with E-state index in [1.54, 1.807) is 0 Å². The molecule has 3 fully saturated rings. The van der Waals surface area contributed by atoms with Crippen molar-refractivity contribution in [2.45, 2.75) is 105 Å². The molecule has 0 unspecified atom stereocenters. The molecule has 4 aliphatic rings. The van der Waals surface area contributed by atoms with Crippen molar-refractivity contribution in [3.8, 4) is 34.8 Å². The zero-order chi connectivity index (χ0) is 32.7. The van der Waals surface area contributed by atoms with E-state index in [2.05, 4.69) is 23.7 Å². The third kappa shape index (κ3) is 5.88. The van der Waals surface area contributed by atoms with E-state index in [9.17, 15) is 46.0 Å². The number of ether oxygens (including phenoxy) is 2. The fourth-order valence-corrected chi connectivity index (χ4v) is 7.25. The largest absolute Gasteiger partial charge is 0.396 e. The summed E-state index contributed by atoms with van der Waals surface area (Å²) in [5.74, 6) is 11.8. The lowest BCUT2D eigenvalue weighted by molar-refractivity contribution is -0.214. The van der Waals surface area contributed by atoms with Gasteiger partial charge < -0.3 is 55.4 Å². The molecule has 2 aliphatic carbocycles. The van der Waals surface area contributed by atoms with Gasteiger partial charge in [0.25, 0.3) is 0 Å². The topological polar surface area (TPSA) is 201 Å². The average molecular weight is 637 g/mol. The van der Waals surface area contributed by atoms with Crippen LogP contribution in [0.5, 0.6) is 0 Å². The van der Waals surface area contributed by atoms with Gasteiger partial charge in [-0.05, 0) is 78.6 Å². The maximum absolute atomic E-state index is 10.5. The quantitative estimate of drug-likeness (QED) is 0.181. The number of rotatable bonds is 3. The highest BCUT2D eigenvalue weighted by molar-refractivity contribution is 5.82. The van der Waals surface area contributed by atoms with Gasteiger partial charge in [0, 0.05) is 23.1 Å². The Morgan fingerprint density at radius 1 is 0.630 bits per heavy atom. The van der Waals surface area contributed by atoms with Crippen molar-refractivity contribution in [1.29, 1.82) is 0 Å². The second kappa shape index (κ2) is 13.3. The number of aliphatic hydroxyl groups excluding tert-OH is 9. The second-order valence-electron chi connectivity index (χ2n) is 12.7. The van der Waals surface area contributed by atoms with E-state index in [0.717, 1.165) is 22.3 Å². The number of fused-ring (bicyclic) bond motifs is 5. The van der Waals surface area contributed by atoms with Crippen LogP contribution >= 0.6 is 0 Å². The molecule has 9 N–H and O–H groups in total. The highest BCUT2D eigenvalue weighted by atomic mass is 16.5. The average Bonchev–Trinajstić information content (AvgIpc) is 3.32. The number of hydrogen-bond donors (Lipinski definition) is 9. The van der Waals surface area contributed by atoms with Crippen molar-refractivity contribution in [3.05, 3.63) is 58.7 Å². The maximum Gasteiger partial charge on any atom is 0.147 e. The Balaban J connectivity index is 1.31. The monoisotopic (exact) mass is 636 g/mol. The van der Waals surface area contributed by atoms with Gasteiger partial charge in [-0.1, -0.05) is 35.8 Å². The molecule has 2 aromatic rings. The third-order valence-electron chi connectivity index (χ3n) is 9.90. The first kappa shape index (κ1) is 33.0. The fraction of sp³-hybridized carbons (Fsp3) is 0.543. The SMILES string of the molecule is OCC[C@H]1O[C@H](C#Cc2ccc3c(c2)C2(CCC(O)CC2)c2cc(C#C[C@H]4O[C@H](CO)[C@@H](O)[C@H](O)[C@@H]4O)ccc2-3)[C@@H](O)[C@@H](O)[C@@H]1O. The van der Waals surface area contributed by atoms with Gasteiger partial charge in [0.15, 0.2) is 0 Å². The second-order valence-corrected chi connectivity index (χ2v) is 12.7. The molecule has 0 aromatic heterocycles. The van der Waals surface area contributed by atoms with E-state index < -0.39 is 79.2 Å². The molecule has 1 spiro atoms. The molecule has 0 radical (unpaired) electrons. The Labute approximate surface area is 266 Å². The van der Waals surface area contributed by atoms with Crippen molar-refractivity contribution in [2.75, 3.05) is 13.2 Å². The lowest BCUT2D eigenvalue weighted by Gasteiger charge is -2.38. The minimum atomic E-state index is -1.51. The summed E-state index contributed by atoms with van der Waals surface area (Å²) >= 11 is 0. The summed E-state index contributed by atoms with van der Waals surface area (Å²) in [5.41, 5.74) is 5.05. The Bertz CT molecular complexity index is 1540. The van der Waals surface area contributed by atoms with Gasteiger partial charge in [0.1, 0.15) is 54.9 Å². The molecule has 46 heavy (non-hydrogen) atoms. The molecule has 10 atom stereocenters. The Kier molecular flexibility index (Phi) is 9.57. The van der Waals surface area contributed by atoms with Gasteiger partial charge in [-0.3, -0.25) is 0 Å². The van der Waals surface area contributed by atoms with Gasteiger partial charge in [0.05, 0.1) is 18.8 Å². The molecule has 2 saturated heterocycles. The highest BCUT2D eigenvalue weighted by Crippen LogP contribution is 2.56. The Morgan fingerprint density at radius 3 is 1.59 bits per heavy atom. The smallest absolute Gasteiger partial charge is 0.147 e. The van der Waals surface area contributed by atoms with Gasteiger partial charge >= 0.3 is 0 Å². The van der Waals surface area contributed by atoms with Crippen LogP contribution in [0.2, 0.25) is 0 Å². The normalized spacial score (nSPS) is 38.2. The number of benzene rings is 2. The molecule has 6 rings (SSSR count). The van der Waals surface area contributed by atoms with Crippen LogP contribution in [0.1, 0.15) is 54.4 Å². The van der Waals surface area contributed by atoms with Crippen LogP contribution in [-0.2, 0) is 14.9 Å². The lowest BCUT2D eigenvalue weighted by Crippen LogP contribution is -2.58.